The van der Waals surface area contributed by atoms with Crippen molar-refractivity contribution in [2.75, 3.05) is 39.8 Å². The van der Waals surface area contributed by atoms with Gasteiger partial charge in [0.25, 0.3) is 0 Å². The predicted molar refractivity (Wildman–Crippen MR) is 121 cm³/mol. The first-order valence-electron chi connectivity index (χ1n) is 12.0. The maximum Gasteiger partial charge on any atom is 0.222 e. The maximum atomic E-state index is 12.9. The first-order valence-corrected chi connectivity index (χ1v) is 12.0. The molecule has 1 N–H and O–H groups in total. The molecule has 6 nitrogen and oxygen atoms in total. The normalized spacial score (nSPS) is 25.5. The third kappa shape index (κ3) is 5.79. The number of carbonyl (C=O) groups excluding carboxylic acids is 2. The van der Waals surface area contributed by atoms with Crippen LogP contribution in [0.3, 0.4) is 0 Å². The van der Waals surface area contributed by atoms with Crippen LogP contribution in [0.25, 0.3) is 0 Å². The molecule has 0 aliphatic carbocycles. The molecule has 0 aromatic heterocycles. The number of methoxy groups -OCH3 is 1. The fraction of sp³-hybridized carbons (Fsp3) is 0.680. The molecule has 0 spiro atoms. The van der Waals surface area contributed by atoms with Crippen molar-refractivity contribution in [1.29, 1.82) is 0 Å². The van der Waals surface area contributed by atoms with Crippen LogP contribution in [-0.4, -0.2) is 67.5 Å². The van der Waals surface area contributed by atoms with E-state index in [9.17, 15) is 9.59 Å². The van der Waals surface area contributed by atoms with Crippen LogP contribution in [0.2, 0.25) is 0 Å². The van der Waals surface area contributed by atoms with Crippen LogP contribution in [0.1, 0.15) is 50.5 Å². The molecule has 2 amide bonds. The van der Waals surface area contributed by atoms with Crippen molar-refractivity contribution in [2.24, 2.45) is 11.8 Å². The van der Waals surface area contributed by atoms with E-state index in [1.165, 1.54) is 6.42 Å². The zero-order valence-corrected chi connectivity index (χ0v) is 18.9. The van der Waals surface area contributed by atoms with Crippen molar-refractivity contribution in [2.45, 2.75) is 57.4 Å². The molecule has 3 aliphatic rings. The lowest BCUT2D eigenvalue weighted by Crippen LogP contribution is -2.57. The summed E-state index contributed by atoms with van der Waals surface area (Å²) in [5.74, 6) is 2.50. The molecule has 1 aromatic carbocycles. The number of rotatable bonds is 8. The van der Waals surface area contributed by atoms with Gasteiger partial charge in [0.05, 0.1) is 7.11 Å². The number of ether oxygens (including phenoxy) is 1. The van der Waals surface area contributed by atoms with E-state index in [1.54, 1.807) is 7.11 Å². The van der Waals surface area contributed by atoms with Crippen molar-refractivity contribution >= 4 is 11.8 Å². The van der Waals surface area contributed by atoms with Gasteiger partial charge in [0.1, 0.15) is 5.75 Å². The third-order valence-corrected chi connectivity index (χ3v) is 7.29. The molecular formula is C25H37N3O3. The van der Waals surface area contributed by atoms with Gasteiger partial charge in [0, 0.05) is 45.1 Å². The number of aryl methyl sites for hydroxylation is 1. The van der Waals surface area contributed by atoms with Crippen LogP contribution in [0.5, 0.6) is 5.75 Å². The van der Waals surface area contributed by atoms with Gasteiger partial charge in [0.2, 0.25) is 11.8 Å². The van der Waals surface area contributed by atoms with E-state index in [4.69, 9.17) is 4.74 Å². The van der Waals surface area contributed by atoms with Crippen LogP contribution < -0.4 is 10.1 Å². The quantitative estimate of drug-likeness (QED) is 0.693. The number of likely N-dealkylation sites (tertiary alicyclic amines) is 2. The molecule has 0 radical (unpaired) electrons. The third-order valence-electron chi connectivity index (χ3n) is 7.29. The first-order chi connectivity index (χ1) is 15.1. The zero-order chi connectivity index (χ0) is 21.6. The number of nitrogens with one attached hydrogen (secondary N) is 1. The minimum Gasteiger partial charge on any atom is -0.497 e. The monoisotopic (exact) mass is 427 g/mol. The molecule has 0 saturated carbocycles. The Morgan fingerprint density at radius 1 is 1.10 bits per heavy atom. The Bertz CT molecular complexity index is 762. The van der Waals surface area contributed by atoms with Gasteiger partial charge in [-0.2, -0.15) is 0 Å². The molecule has 170 valence electrons. The lowest BCUT2D eigenvalue weighted by atomic mass is 9.79. The average molecular weight is 428 g/mol. The summed E-state index contributed by atoms with van der Waals surface area (Å²) in [6.45, 7) is 4.60. The molecule has 3 fully saturated rings. The number of piperidine rings is 2. The van der Waals surface area contributed by atoms with E-state index < -0.39 is 0 Å². The highest BCUT2D eigenvalue weighted by Gasteiger charge is 2.37. The number of benzene rings is 1. The van der Waals surface area contributed by atoms with Crippen LogP contribution in [0.4, 0.5) is 0 Å². The average Bonchev–Trinajstić information content (AvgIpc) is 3.34. The maximum absolute atomic E-state index is 12.9. The molecule has 3 heterocycles. The standard InChI is InChI=1S/C25H37N3O3/c1-31-22-7-4-6-19(15-22)10-11-25(30)28-17-20-14-21(18-28)23(26-16-20)8-5-9-24(29)27-12-2-3-13-27/h4,6-7,15,20-21,23,26H,2-3,5,8-14,16-18H2,1H3/t20-,21+,23+/m0/s1. The van der Waals surface area contributed by atoms with Gasteiger partial charge in [-0.1, -0.05) is 12.1 Å². The molecule has 4 rings (SSSR count). The molecule has 2 bridgehead atoms. The number of amides is 2. The molecule has 3 atom stereocenters. The molecule has 0 unspecified atom stereocenters. The fourth-order valence-corrected chi connectivity index (χ4v) is 5.55. The second kappa shape index (κ2) is 10.5. The SMILES string of the molecule is COc1cccc(CCC(=O)N2C[C@@H]3CN[C@H](CCCC(=O)N4CCCC4)[C@H](C3)C2)c1. The predicted octanol–water partition coefficient (Wildman–Crippen LogP) is 2.86. The summed E-state index contributed by atoms with van der Waals surface area (Å²) in [7, 11) is 1.67. The highest BCUT2D eigenvalue weighted by molar-refractivity contribution is 5.77. The summed E-state index contributed by atoms with van der Waals surface area (Å²) in [6.07, 6.45) is 7.45. The Morgan fingerprint density at radius 3 is 2.71 bits per heavy atom. The smallest absolute Gasteiger partial charge is 0.222 e. The van der Waals surface area contributed by atoms with E-state index in [1.807, 2.05) is 23.1 Å². The van der Waals surface area contributed by atoms with Gasteiger partial charge in [-0.05, 0) is 74.6 Å². The molecule has 3 aliphatic heterocycles. The fourth-order valence-electron chi connectivity index (χ4n) is 5.55. The second-order valence-electron chi connectivity index (χ2n) is 9.51. The van der Waals surface area contributed by atoms with E-state index in [0.717, 1.165) is 76.1 Å². The van der Waals surface area contributed by atoms with E-state index in [0.29, 0.717) is 36.6 Å². The minimum absolute atomic E-state index is 0.266. The number of fused-ring (bicyclic) bond motifs is 2. The van der Waals surface area contributed by atoms with Gasteiger partial charge in [-0.3, -0.25) is 9.59 Å². The highest BCUT2D eigenvalue weighted by Crippen LogP contribution is 2.31. The van der Waals surface area contributed by atoms with Gasteiger partial charge >= 0.3 is 0 Å². The molecule has 6 heteroatoms. The summed E-state index contributed by atoms with van der Waals surface area (Å²) >= 11 is 0. The summed E-state index contributed by atoms with van der Waals surface area (Å²) < 4.78 is 5.29. The van der Waals surface area contributed by atoms with Crippen molar-refractivity contribution in [1.82, 2.24) is 15.1 Å². The summed E-state index contributed by atoms with van der Waals surface area (Å²) in [5, 5.41) is 3.72. The van der Waals surface area contributed by atoms with Gasteiger partial charge in [-0.25, -0.2) is 0 Å². The summed E-state index contributed by atoms with van der Waals surface area (Å²) in [5.41, 5.74) is 1.15. The Kier molecular flexibility index (Phi) is 7.49. The summed E-state index contributed by atoms with van der Waals surface area (Å²) in [6, 6.07) is 8.42. The topological polar surface area (TPSA) is 61.9 Å². The van der Waals surface area contributed by atoms with E-state index >= 15 is 0 Å². The van der Waals surface area contributed by atoms with Gasteiger partial charge < -0.3 is 19.9 Å². The second-order valence-corrected chi connectivity index (χ2v) is 9.51. The minimum atomic E-state index is 0.266. The van der Waals surface area contributed by atoms with E-state index in [-0.39, 0.29) is 5.91 Å². The Balaban J connectivity index is 1.24. The van der Waals surface area contributed by atoms with Crippen molar-refractivity contribution in [3.8, 4) is 5.75 Å². The largest absolute Gasteiger partial charge is 0.497 e. The highest BCUT2D eigenvalue weighted by atomic mass is 16.5. The van der Waals surface area contributed by atoms with Crippen LogP contribution in [0, 0.1) is 11.8 Å². The lowest BCUT2D eigenvalue weighted by Gasteiger charge is -2.46. The van der Waals surface area contributed by atoms with Crippen LogP contribution in [0.15, 0.2) is 24.3 Å². The lowest BCUT2D eigenvalue weighted by molar-refractivity contribution is -0.135. The number of carbonyl (C=O) groups is 2. The van der Waals surface area contributed by atoms with Gasteiger partial charge in [0.15, 0.2) is 0 Å². The van der Waals surface area contributed by atoms with E-state index in [2.05, 4.69) is 16.3 Å². The Morgan fingerprint density at radius 2 is 1.90 bits per heavy atom. The first kappa shape index (κ1) is 22.1. The number of hydrogen-bond acceptors (Lipinski definition) is 4. The van der Waals surface area contributed by atoms with Crippen LogP contribution >= 0.6 is 0 Å². The summed E-state index contributed by atoms with van der Waals surface area (Å²) in [4.78, 5) is 29.4. The number of hydrogen-bond donors (Lipinski definition) is 1. The van der Waals surface area contributed by atoms with Crippen molar-refractivity contribution in [3.63, 3.8) is 0 Å². The Labute approximate surface area is 186 Å². The molecular weight excluding hydrogens is 390 g/mol. The van der Waals surface area contributed by atoms with Crippen LogP contribution in [-0.2, 0) is 16.0 Å². The van der Waals surface area contributed by atoms with Gasteiger partial charge in [-0.15, -0.1) is 0 Å². The van der Waals surface area contributed by atoms with Crippen molar-refractivity contribution in [3.05, 3.63) is 29.8 Å². The Hall–Kier alpha value is -2.08. The molecule has 3 saturated heterocycles. The molecule has 31 heavy (non-hydrogen) atoms. The number of nitrogens with zero attached hydrogens (tertiary/aromatic N) is 2. The zero-order valence-electron chi connectivity index (χ0n) is 18.9. The van der Waals surface area contributed by atoms with Crippen molar-refractivity contribution < 1.29 is 14.3 Å². The molecule has 1 aromatic rings.